The van der Waals surface area contributed by atoms with Crippen LogP contribution in [0.3, 0.4) is 0 Å². The molecule has 0 spiro atoms. The van der Waals surface area contributed by atoms with Gasteiger partial charge in [-0.2, -0.15) is 18.6 Å². The molecule has 0 saturated carbocycles. The van der Waals surface area contributed by atoms with Gasteiger partial charge in [-0.3, -0.25) is 4.68 Å². The Labute approximate surface area is 245 Å². The summed E-state index contributed by atoms with van der Waals surface area (Å²) in [5, 5.41) is 34.3. The second kappa shape index (κ2) is 12.2. The molecule has 3 heterocycles. The normalized spacial score (nSPS) is 12.1. The Morgan fingerprint density at radius 1 is 1.05 bits per heavy atom. The number of ether oxygens (including phenoxy) is 1. The number of aromatic nitrogens is 6. The molecular weight excluding hydrogens is 600 g/mol. The summed E-state index contributed by atoms with van der Waals surface area (Å²) in [5.74, 6) is -1.88. The zero-order valence-corrected chi connectivity index (χ0v) is 22.8. The van der Waals surface area contributed by atoms with Crippen molar-refractivity contribution in [3.8, 4) is 27.9 Å². The number of nitrogens with zero attached hydrogens (tertiary/aromatic N) is 6. The molecule has 0 radical (unpaired) electrons. The van der Waals surface area contributed by atoms with Gasteiger partial charge < -0.3 is 15.1 Å². The topological polar surface area (TPSA) is 122 Å². The zero-order chi connectivity index (χ0) is 30.0. The molecule has 0 fully saturated rings. The van der Waals surface area contributed by atoms with Gasteiger partial charge in [0.25, 0.3) is 0 Å². The van der Waals surface area contributed by atoms with Crippen molar-refractivity contribution in [2.24, 2.45) is 0 Å². The summed E-state index contributed by atoms with van der Waals surface area (Å²) in [7, 11) is 0. The molecule has 15 heteroatoms. The molecule has 1 N–H and O–H groups in total. The van der Waals surface area contributed by atoms with Crippen LogP contribution in [-0.2, 0) is 4.74 Å². The molecule has 3 aromatic heterocycles. The molecule has 0 aliphatic rings. The minimum absolute atomic E-state index is 0.0380. The van der Waals surface area contributed by atoms with E-state index >= 15 is 4.39 Å². The third-order valence-corrected chi connectivity index (χ3v) is 6.85. The van der Waals surface area contributed by atoms with Crippen LogP contribution in [0.4, 0.5) is 13.2 Å². The molecule has 216 valence electrons. The summed E-state index contributed by atoms with van der Waals surface area (Å²) in [6.45, 7) is -3.41. The second-order valence-electron chi connectivity index (χ2n) is 8.94. The molecule has 42 heavy (non-hydrogen) atoms. The largest absolute Gasteiger partial charge is 0.618 e. The summed E-state index contributed by atoms with van der Waals surface area (Å²) in [4.78, 5) is 11.2. The van der Waals surface area contributed by atoms with E-state index in [2.05, 4.69) is 20.1 Å². The quantitative estimate of drug-likeness (QED) is 0.155. The SMILES string of the molecule is O=C(O)c1ccc(-c2cnn([C@H](CCOC(F)F)c3ccc(-c4c(-n5cc(Cl)nn5)ccc(Cl)c4F)c[n+]3[O-])c2)cc1. The van der Waals surface area contributed by atoms with Gasteiger partial charge in [-0.15, -0.1) is 5.10 Å². The number of benzene rings is 2. The first-order valence-electron chi connectivity index (χ1n) is 12.2. The third-order valence-electron chi connectivity index (χ3n) is 6.38. The van der Waals surface area contributed by atoms with E-state index in [4.69, 9.17) is 28.3 Å². The van der Waals surface area contributed by atoms with Crippen LogP contribution >= 0.6 is 23.2 Å². The van der Waals surface area contributed by atoms with E-state index in [-0.39, 0.29) is 44.7 Å². The van der Waals surface area contributed by atoms with E-state index in [1.165, 1.54) is 58.2 Å². The smallest absolute Gasteiger partial charge is 0.345 e. The van der Waals surface area contributed by atoms with Crippen molar-refractivity contribution in [1.29, 1.82) is 0 Å². The molecule has 0 aliphatic carbocycles. The standard InChI is InChI=1S/C27H19Cl2F3N6O4/c28-19-6-8-22(37-14-23(29)34-35-37)24(25(19)30)17-5-7-21(38(41)13-17)20(9-10-42-27(31)32)36-12-18(11-33-36)15-1-3-16(4-2-15)26(39)40/h1-8,11-14,20,27H,9-10H2,(H,39,40)/t20-/m1/s1. The first-order chi connectivity index (χ1) is 20.1. The lowest BCUT2D eigenvalue weighted by molar-refractivity contribution is -0.615. The number of alkyl halides is 2. The highest BCUT2D eigenvalue weighted by atomic mass is 35.5. The number of rotatable bonds is 10. The summed E-state index contributed by atoms with van der Waals surface area (Å²) < 4.78 is 48.4. The number of carbonyl (C=O) groups is 1. The van der Waals surface area contributed by atoms with Gasteiger partial charge in [-0.25, -0.2) is 13.9 Å². The second-order valence-corrected chi connectivity index (χ2v) is 9.73. The van der Waals surface area contributed by atoms with E-state index < -0.39 is 31.0 Å². The Morgan fingerprint density at radius 3 is 2.43 bits per heavy atom. The molecule has 5 aromatic rings. The fourth-order valence-electron chi connectivity index (χ4n) is 4.41. The van der Waals surface area contributed by atoms with Crippen molar-refractivity contribution >= 4 is 29.2 Å². The molecule has 5 rings (SSSR count). The average molecular weight is 619 g/mol. The Bertz CT molecular complexity index is 1750. The van der Waals surface area contributed by atoms with E-state index in [0.717, 1.165) is 6.20 Å². The van der Waals surface area contributed by atoms with Gasteiger partial charge in [0, 0.05) is 24.2 Å². The molecule has 0 saturated heterocycles. The Hall–Kier alpha value is -4.46. The first kappa shape index (κ1) is 29.0. The number of carboxylic acids is 1. The van der Waals surface area contributed by atoms with Crippen LogP contribution in [-0.4, -0.2) is 49.1 Å². The molecular formula is C27H19Cl2F3N6O4. The Morgan fingerprint density at radius 2 is 1.79 bits per heavy atom. The Kier molecular flexibility index (Phi) is 8.43. The minimum atomic E-state index is -3.01. The lowest BCUT2D eigenvalue weighted by Crippen LogP contribution is -2.36. The van der Waals surface area contributed by atoms with Crippen molar-refractivity contribution in [3.63, 3.8) is 0 Å². The van der Waals surface area contributed by atoms with Gasteiger partial charge >= 0.3 is 12.6 Å². The predicted molar refractivity (Wildman–Crippen MR) is 145 cm³/mol. The maximum atomic E-state index is 15.3. The highest BCUT2D eigenvalue weighted by Crippen LogP contribution is 2.34. The fourth-order valence-corrected chi connectivity index (χ4v) is 4.70. The van der Waals surface area contributed by atoms with Crippen LogP contribution in [0, 0.1) is 11.0 Å². The number of aromatic carboxylic acids is 1. The van der Waals surface area contributed by atoms with Crippen molar-refractivity contribution in [3.05, 3.63) is 106 Å². The van der Waals surface area contributed by atoms with Gasteiger partial charge in [0.2, 0.25) is 5.69 Å². The molecule has 2 aromatic carbocycles. The number of pyridine rings is 1. The molecule has 0 unspecified atom stereocenters. The zero-order valence-electron chi connectivity index (χ0n) is 21.2. The van der Waals surface area contributed by atoms with E-state index in [1.54, 1.807) is 18.3 Å². The summed E-state index contributed by atoms with van der Waals surface area (Å²) in [6, 6.07) is 10.9. The predicted octanol–water partition coefficient (Wildman–Crippen LogP) is 5.79. The first-order valence-corrected chi connectivity index (χ1v) is 13.0. The van der Waals surface area contributed by atoms with Crippen LogP contribution in [0.1, 0.15) is 28.5 Å². The third kappa shape index (κ3) is 6.08. The minimum Gasteiger partial charge on any atom is -0.618 e. The van der Waals surface area contributed by atoms with Crippen molar-refractivity contribution in [2.75, 3.05) is 6.61 Å². The highest BCUT2D eigenvalue weighted by Gasteiger charge is 2.26. The van der Waals surface area contributed by atoms with Gasteiger partial charge in [-0.05, 0) is 35.9 Å². The maximum absolute atomic E-state index is 15.3. The summed E-state index contributed by atoms with van der Waals surface area (Å²) in [6.07, 6.45) is 5.52. The average Bonchev–Trinajstić information content (AvgIpc) is 3.62. The van der Waals surface area contributed by atoms with Crippen molar-refractivity contribution < 1.29 is 32.5 Å². The monoisotopic (exact) mass is 618 g/mol. The van der Waals surface area contributed by atoms with Crippen molar-refractivity contribution in [2.45, 2.75) is 19.1 Å². The fraction of sp³-hybridized carbons (Fsp3) is 0.148. The van der Waals surface area contributed by atoms with Crippen LogP contribution in [0.25, 0.3) is 27.9 Å². The van der Waals surface area contributed by atoms with Crippen LogP contribution < -0.4 is 4.73 Å². The Balaban J connectivity index is 1.53. The van der Waals surface area contributed by atoms with E-state index in [0.29, 0.717) is 15.9 Å². The lowest BCUT2D eigenvalue weighted by atomic mass is 10.0. The molecule has 1 atom stereocenters. The maximum Gasteiger partial charge on any atom is 0.345 e. The highest BCUT2D eigenvalue weighted by molar-refractivity contribution is 6.31. The van der Waals surface area contributed by atoms with Gasteiger partial charge in [0.15, 0.2) is 17.2 Å². The van der Waals surface area contributed by atoms with E-state index in [1.807, 2.05) is 0 Å². The van der Waals surface area contributed by atoms with Crippen LogP contribution in [0.5, 0.6) is 0 Å². The molecule has 0 bridgehead atoms. The molecule has 0 aliphatic heterocycles. The number of carboxylic acid groups (broad SMARTS) is 1. The van der Waals surface area contributed by atoms with Gasteiger partial charge in [-0.1, -0.05) is 40.5 Å². The van der Waals surface area contributed by atoms with E-state index in [9.17, 15) is 18.8 Å². The summed E-state index contributed by atoms with van der Waals surface area (Å²) in [5.41, 5.74) is 1.79. The number of hydrogen-bond acceptors (Lipinski definition) is 6. The van der Waals surface area contributed by atoms with Crippen molar-refractivity contribution in [1.82, 2.24) is 24.8 Å². The lowest BCUT2D eigenvalue weighted by Gasteiger charge is -2.18. The van der Waals surface area contributed by atoms with Gasteiger partial charge in [0.05, 0.1) is 46.4 Å². The molecule has 10 nitrogen and oxygen atoms in total. The molecule has 0 amide bonds. The number of hydrogen-bond donors (Lipinski definition) is 1. The number of halogens is 5. The van der Waals surface area contributed by atoms with Gasteiger partial charge in [0.1, 0.15) is 6.04 Å². The van der Waals surface area contributed by atoms with Crippen LogP contribution in [0.2, 0.25) is 10.2 Å². The summed E-state index contributed by atoms with van der Waals surface area (Å²) >= 11 is 11.9. The van der Waals surface area contributed by atoms with Crippen LogP contribution in [0.15, 0.2) is 73.3 Å².